The minimum Gasteiger partial charge on any atom is -0.399 e. The summed E-state index contributed by atoms with van der Waals surface area (Å²) in [4.78, 5) is 0. The summed E-state index contributed by atoms with van der Waals surface area (Å²) < 4.78 is 2.05. The second-order valence-corrected chi connectivity index (χ2v) is 5.02. The van der Waals surface area contributed by atoms with Gasteiger partial charge in [0.2, 0.25) is 0 Å². The number of anilines is 1. The van der Waals surface area contributed by atoms with Crippen molar-refractivity contribution in [3.63, 3.8) is 0 Å². The SMILES string of the molecule is CCC(C)(C)n1cc2cc(N)cc(C)c2n1. The molecule has 0 aliphatic rings. The van der Waals surface area contributed by atoms with Gasteiger partial charge in [-0.25, -0.2) is 0 Å². The minimum atomic E-state index is 0.0558. The van der Waals surface area contributed by atoms with Gasteiger partial charge >= 0.3 is 0 Å². The van der Waals surface area contributed by atoms with Crippen LogP contribution in [0.15, 0.2) is 18.3 Å². The summed E-state index contributed by atoms with van der Waals surface area (Å²) in [6, 6.07) is 3.95. The smallest absolute Gasteiger partial charge is 0.0954 e. The van der Waals surface area contributed by atoms with E-state index in [-0.39, 0.29) is 5.54 Å². The molecule has 0 atom stereocenters. The van der Waals surface area contributed by atoms with Crippen LogP contribution in [0.5, 0.6) is 0 Å². The van der Waals surface area contributed by atoms with Gasteiger partial charge in [-0.3, -0.25) is 4.68 Å². The van der Waals surface area contributed by atoms with Gasteiger partial charge in [-0.2, -0.15) is 5.10 Å². The first-order valence-electron chi connectivity index (χ1n) is 5.70. The third kappa shape index (κ3) is 1.66. The fourth-order valence-electron chi connectivity index (χ4n) is 1.81. The maximum Gasteiger partial charge on any atom is 0.0954 e. The van der Waals surface area contributed by atoms with Crippen molar-refractivity contribution >= 4 is 16.6 Å². The molecule has 3 heteroatoms. The molecular weight excluding hydrogens is 198 g/mol. The molecule has 0 saturated carbocycles. The van der Waals surface area contributed by atoms with Crippen LogP contribution in [0.1, 0.15) is 32.8 Å². The van der Waals surface area contributed by atoms with Crippen molar-refractivity contribution in [3.8, 4) is 0 Å². The number of benzene rings is 1. The van der Waals surface area contributed by atoms with E-state index in [1.807, 2.05) is 16.8 Å². The van der Waals surface area contributed by atoms with Gasteiger partial charge in [-0.05, 0) is 44.9 Å². The van der Waals surface area contributed by atoms with Crippen molar-refractivity contribution in [1.82, 2.24) is 9.78 Å². The van der Waals surface area contributed by atoms with Crippen LogP contribution in [0.4, 0.5) is 5.69 Å². The molecule has 1 aromatic heterocycles. The normalized spacial score (nSPS) is 12.2. The maximum absolute atomic E-state index is 5.84. The zero-order valence-electron chi connectivity index (χ0n) is 10.4. The predicted molar refractivity (Wildman–Crippen MR) is 68.5 cm³/mol. The average molecular weight is 217 g/mol. The Hall–Kier alpha value is -1.51. The molecule has 0 aliphatic heterocycles. The van der Waals surface area contributed by atoms with Gasteiger partial charge < -0.3 is 5.73 Å². The van der Waals surface area contributed by atoms with Crippen LogP contribution in [-0.2, 0) is 5.54 Å². The van der Waals surface area contributed by atoms with Gasteiger partial charge in [0.05, 0.1) is 11.1 Å². The van der Waals surface area contributed by atoms with Crippen LogP contribution in [-0.4, -0.2) is 9.78 Å². The number of fused-ring (bicyclic) bond motifs is 1. The Morgan fingerprint density at radius 1 is 1.38 bits per heavy atom. The van der Waals surface area contributed by atoms with Crippen molar-refractivity contribution < 1.29 is 0 Å². The third-order valence-corrected chi connectivity index (χ3v) is 3.31. The van der Waals surface area contributed by atoms with Crippen molar-refractivity contribution in [2.24, 2.45) is 0 Å². The summed E-state index contributed by atoms with van der Waals surface area (Å²) in [6.45, 7) is 8.61. The molecular formula is C13H19N3. The summed E-state index contributed by atoms with van der Waals surface area (Å²) >= 11 is 0. The fourth-order valence-corrected chi connectivity index (χ4v) is 1.81. The molecule has 86 valence electrons. The number of aryl methyl sites for hydroxylation is 1. The van der Waals surface area contributed by atoms with Crippen LogP contribution < -0.4 is 5.73 Å². The minimum absolute atomic E-state index is 0.0558. The average Bonchev–Trinajstić information content (AvgIpc) is 2.62. The molecule has 0 amide bonds. The summed E-state index contributed by atoms with van der Waals surface area (Å²) in [5, 5.41) is 5.78. The molecule has 0 unspecified atom stereocenters. The molecule has 1 heterocycles. The molecule has 16 heavy (non-hydrogen) atoms. The van der Waals surface area contributed by atoms with Gasteiger partial charge in [0, 0.05) is 17.3 Å². The fraction of sp³-hybridized carbons (Fsp3) is 0.462. The molecule has 2 rings (SSSR count). The van der Waals surface area contributed by atoms with E-state index in [4.69, 9.17) is 5.73 Å². The standard InChI is InChI=1S/C13H19N3/c1-5-13(3,4)16-8-10-7-11(14)6-9(2)12(10)15-16/h6-8H,5,14H2,1-4H3. The largest absolute Gasteiger partial charge is 0.399 e. The maximum atomic E-state index is 5.84. The van der Waals surface area contributed by atoms with E-state index in [9.17, 15) is 0 Å². The lowest BCUT2D eigenvalue weighted by Crippen LogP contribution is -2.25. The highest BCUT2D eigenvalue weighted by Crippen LogP contribution is 2.25. The van der Waals surface area contributed by atoms with E-state index < -0.39 is 0 Å². The predicted octanol–water partition coefficient (Wildman–Crippen LogP) is 3.07. The van der Waals surface area contributed by atoms with Crippen LogP contribution >= 0.6 is 0 Å². The number of nitrogens with two attached hydrogens (primary N) is 1. The number of hydrogen-bond donors (Lipinski definition) is 1. The first-order chi connectivity index (χ1) is 7.44. The molecule has 0 spiro atoms. The van der Waals surface area contributed by atoms with Crippen LogP contribution in [0.3, 0.4) is 0 Å². The Kier molecular flexibility index (Phi) is 2.41. The van der Waals surface area contributed by atoms with Crippen LogP contribution in [0.2, 0.25) is 0 Å². The van der Waals surface area contributed by atoms with E-state index in [1.54, 1.807) is 0 Å². The Balaban J connectivity index is 2.65. The Labute approximate surface area is 96.2 Å². The highest BCUT2D eigenvalue weighted by Gasteiger charge is 2.19. The van der Waals surface area contributed by atoms with Crippen molar-refractivity contribution in [1.29, 1.82) is 0 Å². The summed E-state index contributed by atoms with van der Waals surface area (Å²) in [5.41, 5.74) is 8.89. The van der Waals surface area contributed by atoms with Gasteiger partial charge in [-0.1, -0.05) is 6.92 Å². The highest BCUT2D eigenvalue weighted by molar-refractivity contribution is 5.84. The Bertz CT molecular complexity index is 523. The third-order valence-electron chi connectivity index (χ3n) is 3.31. The summed E-state index contributed by atoms with van der Waals surface area (Å²) in [5.74, 6) is 0. The van der Waals surface area contributed by atoms with E-state index in [1.165, 1.54) is 0 Å². The van der Waals surface area contributed by atoms with Crippen LogP contribution in [0, 0.1) is 6.92 Å². The number of nitrogens with zero attached hydrogens (tertiary/aromatic N) is 2. The second kappa shape index (κ2) is 3.51. The second-order valence-electron chi connectivity index (χ2n) is 5.02. The lowest BCUT2D eigenvalue weighted by molar-refractivity contribution is 0.310. The summed E-state index contributed by atoms with van der Waals surface area (Å²) in [7, 11) is 0. The molecule has 2 N–H and O–H groups in total. The molecule has 0 bridgehead atoms. The number of nitrogen functional groups attached to an aromatic ring is 1. The number of rotatable bonds is 2. The summed E-state index contributed by atoms with van der Waals surface area (Å²) in [6.07, 6.45) is 3.14. The molecule has 0 radical (unpaired) electrons. The van der Waals surface area contributed by atoms with Crippen molar-refractivity contribution in [2.45, 2.75) is 39.7 Å². The van der Waals surface area contributed by atoms with Crippen molar-refractivity contribution in [3.05, 3.63) is 23.9 Å². The number of hydrogen-bond acceptors (Lipinski definition) is 2. The van der Waals surface area contributed by atoms with E-state index in [0.29, 0.717) is 0 Å². The zero-order valence-corrected chi connectivity index (χ0v) is 10.4. The molecule has 1 aromatic carbocycles. The van der Waals surface area contributed by atoms with Gasteiger partial charge in [-0.15, -0.1) is 0 Å². The first-order valence-corrected chi connectivity index (χ1v) is 5.70. The molecule has 0 fully saturated rings. The monoisotopic (exact) mass is 217 g/mol. The zero-order chi connectivity index (χ0) is 11.9. The molecule has 2 aromatic rings. The highest BCUT2D eigenvalue weighted by atomic mass is 15.3. The quantitative estimate of drug-likeness (QED) is 0.786. The van der Waals surface area contributed by atoms with E-state index >= 15 is 0 Å². The lowest BCUT2D eigenvalue weighted by atomic mass is 10.0. The van der Waals surface area contributed by atoms with Crippen molar-refractivity contribution in [2.75, 3.05) is 5.73 Å². The lowest BCUT2D eigenvalue weighted by Gasteiger charge is -2.23. The Morgan fingerprint density at radius 2 is 2.06 bits per heavy atom. The molecule has 0 aliphatic carbocycles. The van der Waals surface area contributed by atoms with Gasteiger partial charge in [0.1, 0.15) is 0 Å². The van der Waals surface area contributed by atoms with E-state index in [2.05, 4.69) is 39.0 Å². The van der Waals surface area contributed by atoms with Crippen LogP contribution in [0.25, 0.3) is 10.9 Å². The van der Waals surface area contributed by atoms with Gasteiger partial charge in [0.25, 0.3) is 0 Å². The molecule has 3 nitrogen and oxygen atoms in total. The topological polar surface area (TPSA) is 43.8 Å². The van der Waals surface area contributed by atoms with E-state index in [0.717, 1.165) is 28.6 Å². The molecule has 0 saturated heterocycles. The van der Waals surface area contributed by atoms with Gasteiger partial charge in [0.15, 0.2) is 0 Å². The Morgan fingerprint density at radius 3 is 2.69 bits per heavy atom. The first kappa shape index (κ1) is 11.0. The number of aromatic nitrogens is 2.